The molecule has 0 aromatic heterocycles. The van der Waals surface area contributed by atoms with Crippen molar-refractivity contribution in [3.05, 3.63) is 0 Å². The van der Waals surface area contributed by atoms with Crippen LogP contribution < -0.4 is 0 Å². The summed E-state index contributed by atoms with van der Waals surface area (Å²) >= 11 is 3.46. The normalized spacial score (nSPS) is 33.2. The largest absolute Gasteiger partial charge is 0.198 e. The van der Waals surface area contributed by atoms with Crippen molar-refractivity contribution in [2.24, 2.45) is 11.8 Å². The molecule has 56 valence electrons. The van der Waals surface area contributed by atoms with E-state index in [-0.39, 0.29) is 0 Å². The smallest absolute Gasteiger partial charge is 0.0655 e. The van der Waals surface area contributed by atoms with E-state index in [0.29, 0.717) is 5.92 Å². The Balaban J connectivity index is 2.33. The standard InChI is InChI=1S/C8H12BrN/c9-5-7-2-1-3-8(4-7)6-10/h7-8H,1-5H2/t7-,8-/m1/s1. The van der Waals surface area contributed by atoms with Crippen LogP contribution in [0.3, 0.4) is 0 Å². The molecule has 2 atom stereocenters. The van der Waals surface area contributed by atoms with Gasteiger partial charge in [-0.25, -0.2) is 0 Å². The van der Waals surface area contributed by atoms with Gasteiger partial charge < -0.3 is 0 Å². The first kappa shape index (κ1) is 8.07. The lowest BCUT2D eigenvalue weighted by Gasteiger charge is -2.22. The van der Waals surface area contributed by atoms with Gasteiger partial charge in [0.25, 0.3) is 0 Å². The fourth-order valence-electron chi connectivity index (χ4n) is 1.55. The van der Waals surface area contributed by atoms with Crippen molar-refractivity contribution in [2.45, 2.75) is 25.7 Å². The van der Waals surface area contributed by atoms with Crippen LogP contribution in [0.25, 0.3) is 0 Å². The van der Waals surface area contributed by atoms with Crippen molar-refractivity contribution >= 4 is 15.9 Å². The molecule has 0 aromatic carbocycles. The van der Waals surface area contributed by atoms with E-state index in [4.69, 9.17) is 5.26 Å². The summed E-state index contributed by atoms with van der Waals surface area (Å²) in [4.78, 5) is 0. The first-order chi connectivity index (χ1) is 4.86. The van der Waals surface area contributed by atoms with Crippen molar-refractivity contribution in [3.8, 4) is 6.07 Å². The van der Waals surface area contributed by atoms with Crippen LogP contribution in [0.5, 0.6) is 0 Å². The SMILES string of the molecule is N#C[C@@H]1CCC[C@@H](CBr)C1. The molecule has 0 bridgehead atoms. The number of rotatable bonds is 1. The molecule has 1 aliphatic rings. The summed E-state index contributed by atoms with van der Waals surface area (Å²) in [5.74, 6) is 1.11. The summed E-state index contributed by atoms with van der Waals surface area (Å²) in [6.07, 6.45) is 4.79. The molecule has 1 fully saturated rings. The van der Waals surface area contributed by atoms with Gasteiger partial charge in [-0.15, -0.1) is 0 Å². The van der Waals surface area contributed by atoms with E-state index in [9.17, 15) is 0 Å². The molecule has 1 nitrogen and oxygen atoms in total. The van der Waals surface area contributed by atoms with E-state index in [0.717, 1.165) is 24.1 Å². The Labute approximate surface area is 70.5 Å². The fraction of sp³-hybridized carbons (Fsp3) is 0.875. The van der Waals surface area contributed by atoms with Gasteiger partial charge >= 0.3 is 0 Å². The Morgan fingerprint density at radius 2 is 2.30 bits per heavy atom. The zero-order valence-electron chi connectivity index (χ0n) is 6.02. The Hall–Kier alpha value is -0.0300. The second-order valence-electron chi connectivity index (χ2n) is 3.01. The average molecular weight is 202 g/mol. The van der Waals surface area contributed by atoms with E-state index >= 15 is 0 Å². The van der Waals surface area contributed by atoms with Crippen LogP contribution in [0.2, 0.25) is 0 Å². The zero-order chi connectivity index (χ0) is 7.40. The summed E-state index contributed by atoms with van der Waals surface area (Å²) in [5.41, 5.74) is 0. The summed E-state index contributed by atoms with van der Waals surface area (Å²) in [6, 6.07) is 2.35. The lowest BCUT2D eigenvalue weighted by atomic mass is 9.83. The third-order valence-corrected chi connectivity index (χ3v) is 3.10. The minimum absolute atomic E-state index is 0.344. The maximum Gasteiger partial charge on any atom is 0.0655 e. The number of halogens is 1. The van der Waals surface area contributed by atoms with E-state index < -0.39 is 0 Å². The fourth-order valence-corrected chi connectivity index (χ4v) is 2.14. The Morgan fingerprint density at radius 1 is 1.50 bits per heavy atom. The molecule has 0 aliphatic heterocycles. The molecule has 0 aromatic rings. The van der Waals surface area contributed by atoms with E-state index in [1.54, 1.807) is 0 Å². The van der Waals surface area contributed by atoms with Crippen LogP contribution >= 0.6 is 15.9 Å². The second-order valence-corrected chi connectivity index (χ2v) is 3.66. The molecule has 0 unspecified atom stereocenters. The highest BCUT2D eigenvalue weighted by Crippen LogP contribution is 2.29. The summed E-state index contributed by atoms with van der Waals surface area (Å²) in [7, 11) is 0. The predicted octanol–water partition coefficient (Wildman–Crippen LogP) is 2.71. The highest BCUT2D eigenvalue weighted by atomic mass is 79.9. The molecule has 0 heterocycles. The Morgan fingerprint density at radius 3 is 2.90 bits per heavy atom. The second kappa shape index (κ2) is 3.98. The molecule has 1 saturated carbocycles. The van der Waals surface area contributed by atoms with Crippen molar-refractivity contribution in [3.63, 3.8) is 0 Å². The molecule has 0 radical (unpaired) electrons. The van der Waals surface area contributed by atoms with Gasteiger partial charge in [0, 0.05) is 11.2 Å². The molecule has 0 N–H and O–H groups in total. The van der Waals surface area contributed by atoms with Gasteiger partial charge in [0.15, 0.2) is 0 Å². The molecule has 1 rings (SSSR count). The lowest BCUT2D eigenvalue weighted by Crippen LogP contribution is -2.14. The maximum atomic E-state index is 8.64. The van der Waals surface area contributed by atoms with Crippen LogP contribution in [0.4, 0.5) is 0 Å². The molecule has 10 heavy (non-hydrogen) atoms. The van der Waals surface area contributed by atoms with Crippen LogP contribution in [0.1, 0.15) is 25.7 Å². The average Bonchev–Trinajstić information content (AvgIpc) is 2.05. The van der Waals surface area contributed by atoms with Crippen molar-refractivity contribution in [1.29, 1.82) is 5.26 Å². The third-order valence-electron chi connectivity index (χ3n) is 2.18. The van der Waals surface area contributed by atoms with Gasteiger partial charge in [-0.3, -0.25) is 0 Å². The Kier molecular flexibility index (Phi) is 3.21. The maximum absolute atomic E-state index is 8.64. The van der Waals surface area contributed by atoms with Gasteiger partial charge in [0.2, 0.25) is 0 Å². The first-order valence-corrected chi connectivity index (χ1v) is 4.94. The number of nitriles is 1. The minimum atomic E-state index is 0.344. The molecular formula is C8H12BrN. The monoisotopic (exact) mass is 201 g/mol. The van der Waals surface area contributed by atoms with Crippen LogP contribution in [-0.4, -0.2) is 5.33 Å². The lowest BCUT2D eigenvalue weighted by molar-refractivity contribution is 0.337. The quantitative estimate of drug-likeness (QED) is 0.599. The van der Waals surface area contributed by atoms with Gasteiger partial charge in [-0.2, -0.15) is 5.26 Å². The third kappa shape index (κ3) is 1.98. The highest BCUT2D eigenvalue weighted by Gasteiger charge is 2.20. The first-order valence-electron chi connectivity index (χ1n) is 3.82. The molecule has 0 spiro atoms. The predicted molar refractivity (Wildman–Crippen MR) is 44.9 cm³/mol. The number of hydrogen-bond acceptors (Lipinski definition) is 1. The van der Waals surface area contributed by atoms with Crippen molar-refractivity contribution < 1.29 is 0 Å². The molecule has 2 heteroatoms. The number of alkyl halides is 1. The summed E-state index contributed by atoms with van der Waals surface area (Å²) < 4.78 is 0. The van der Waals surface area contributed by atoms with E-state index in [1.807, 2.05) is 0 Å². The number of nitrogens with zero attached hydrogens (tertiary/aromatic N) is 1. The van der Waals surface area contributed by atoms with E-state index in [2.05, 4.69) is 22.0 Å². The zero-order valence-corrected chi connectivity index (χ0v) is 7.60. The van der Waals surface area contributed by atoms with Crippen LogP contribution in [0.15, 0.2) is 0 Å². The van der Waals surface area contributed by atoms with Crippen LogP contribution in [-0.2, 0) is 0 Å². The van der Waals surface area contributed by atoms with E-state index in [1.165, 1.54) is 12.8 Å². The van der Waals surface area contributed by atoms with Gasteiger partial charge in [-0.1, -0.05) is 22.4 Å². The molecule has 0 saturated heterocycles. The van der Waals surface area contributed by atoms with Crippen molar-refractivity contribution in [1.82, 2.24) is 0 Å². The molecule has 1 aliphatic carbocycles. The molecular weight excluding hydrogens is 190 g/mol. The van der Waals surface area contributed by atoms with Gasteiger partial charge in [0.05, 0.1) is 6.07 Å². The van der Waals surface area contributed by atoms with Crippen molar-refractivity contribution in [2.75, 3.05) is 5.33 Å². The number of hydrogen-bond donors (Lipinski definition) is 0. The Bertz CT molecular complexity index is 139. The minimum Gasteiger partial charge on any atom is -0.198 e. The van der Waals surface area contributed by atoms with Gasteiger partial charge in [-0.05, 0) is 25.2 Å². The molecule has 0 amide bonds. The van der Waals surface area contributed by atoms with Gasteiger partial charge in [0.1, 0.15) is 0 Å². The summed E-state index contributed by atoms with van der Waals surface area (Å²) in [5, 5.41) is 9.71. The summed E-state index contributed by atoms with van der Waals surface area (Å²) in [6.45, 7) is 0. The van der Waals surface area contributed by atoms with Crippen LogP contribution in [0, 0.1) is 23.2 Å². The highest BCUT2D eigenvalue weighted by molar-refractivity contribution is 9.09. The topological polar surface area (TPSA) is 23.8 Å².